The number of ether oxygens (including phenoxy) is 1. The summed E-state index contributed by atoms with van der Waals surface area (Å²) in [6.45, 7) is 10.2. The monoisotopic (exact) mass is 656 g/mol. The van der Waals surface area contributed by atoms with Crippen molar-refractivity contribution >= 4 is 50.0 Å². The van der Waals surface area contributed by atoms with E-state index in [0.717, 1.165) is 42.9 Å². The predicted molar refractivity (Wildman–Crippen MR) is 180 cm³/mol. The van der Waals surface area contributed by atoms with Crippen LogP contribution in [0.15, 0.2) is 40.5 Å². The number of carboxylic acids is 1. The van der Waals surface area contributed by atoms with E-state index in [1.807, 2.05) is 26.0 Å². The number of aromatic carboxylic acids is 1. The third kappa shape index (κ3) is 5.97. The molecule has 1 fully saturated rings. The normalized spacial score (nSPS) is 14.2. The number of aromatic nitrogens is 3. The van der Waals surface area contributed by atoms with Crippen LogP contribution in [0.4, 0.5) is 0 Å². The van der Waals surface area contributed by atoms with Crippen LogP contribution in [-0.4, -0.2) is 75.2 Å². The number of aryl methyl sites for hydroxylation is 3. The van der Waals surface area contributed by atoms with Gasteiger partial charge in [-0.2, -0.15) is 5.26 Å². The summed E-state index contributed by atoms with van der Waals surface area (Å²) in [6, 6.07) is 11.4. The Labute approximate surface area is 275 Å². The molecule has 0 saturated carbocycles. The summed E-state index contributed by atoms with van der Waals surface area (Å²) in [4.78, 5) is 39.6. The highest BCUT2D eigenvalue weighted by atomic mass is 35.5. The van der Waals surface area contributed by atoms with Crippen molar-refractivity contribution in [2.45, 2.75) is 33.9 Å². The van der Waals surface area contributed by atoms with Gasteiger partial charge in [0.1, 0.15) is 24.3 Å². The van der Waals surface area contributed by atoms with E-state index in [0.29, 0.717) is 61.1 Å². The number of pyridine rings is 1. The minimum absolute atomic E-state index is 0.141. The number of carbonyl (C=O) groups is 1. The van der Waals surface area contributed by atoms with Crippen LogP contribution in [0, 0.1) is 32.1 Å². The lowest BCUT2D eigenvalue weighted by Gasteiger charge is -2.33. The summed E-state index contributed by atoms with van der Waals surface area (Å²) in [5.74, 6) is 0.0199. The molecule has 1 aliphatic heterocycles. The molecule has 12 heteroatoms. The number of fused-ring (bicyclic) bond motifs is 2. The lowest BCUT2D eigenvalue weighted by atomic mass is 9.97. The van der Waals surface area contributed by atoms with Crippen LogP contribution < -0.4 is 10.3 Å². The Bertz CT molecular complexity index is 2110. The number of nitriles is 1. The Morgan fingerprint density at radius 2 is 1.87 bits per heavy atom. The number of hydrogen-bond acceptors (Lipinski definition) is 9. The average molecular weight is 657 g/mol. The Morgan fingerprint density at radius 3 is 2.59 bits per heavy atom. The molecule has 2 aromatic carbocycles. The third-order valence-electron chi connectivity index (χ3n) is 8.54. The molecule has 0 bridgehead atoms. The molecule has 0 atom stereocenters. The van der Waals surface area contributed by atoms with Crippen molar-refractivity contribution in [3.63, 3.8) is 0 Å². The van der Waals surface area contributed by atoms with Crippen LogP contribution in [0.5, 0.6) is 5.75 Å². The SMILES string of the molecule is Cc1cc(-c2cc(Cl)ccc2OCCn2c(C)nc3cc(C)c(CN4CCN(C)CC4)c(C#N)c3c2=O)c2scc(C(=O)O)c2n1. The van der Waals surface area contributed by atoms with E-state index in [1.54, 1.807) is 35.1 Å². The molecule has 0 spiro atoms. The number of thiophene rings is 1. The van der Waals surface area contributed by atoms with Gasteiger partial charge in [0.25, 0.3) is 5.56 Å². The molecule has 0 amide bonds. The standard InChI is InChI=1S/C34H33ClN6O4S/c1-19-13-28-30(25(16-36)26(19)17-40-9-7-39(4)8-10-40)33(42)41(21(3)38-28)11-12-45-29-6-5-22(35)15-23(29)24-14-20(2)37-31-27(34(43)44)18-46-32(24)31/h5-6,13-15,18H,7-12,17H2,1-4H3,(H,43,44). The number of rotatable bonds is 8. The summed E-state index contributed by atoms with van der Waals surface area (Å²) in [5.41, 5.74) is 5.13. The average Bonchev–Trinajstić information content (AvgIpc) is 3.45. The van der Waals surface area contributed by atoms with Crippen molar-refractivity contribution in [3.05, 3.63) is 84.9 Å². The van der Waals surface area contributed by atoms with E-state index < -0.39 is 5.97 Å². The lowest BCUT2D eigenvalue weighted by Crippen LogP contribution is -2.44. The number of hydrogen-bond donors (Lipinski definition) is 1. The highest BCUT2D eigenvalue weighted by molar-refractivity contribution is 7.18. The number of likely N-dealkylation sites (N-methyl/N-ethyl adjacent to an activating group) is 1. The van der Waals surface area contributed by atoms with Crippen molar-refractivity contribution in [1.82, 2.24) is 24.3 Å². The van der Waals surface area contributed by atoms with Gasteiger partial charge in [-0.1, -0.05) is 11.6 Å². The van der Waals surface area contributed by atoms with Crippen molar-refractivity contribution < 1.29 is 14.6 Å². The number of benzene rings is 2. The summed E-state index contributed by atoms with van der Waals surface area (Å²) in [6.07, 6.45) is 0. The van der Waals surface area contributed by atoms with Gasteiger partial charge in [0, 0.05) is 59.9 Å². The molecular weight excluding hydrogens is 624 g/mol. The van der Waals surface area contributed by atoms with Crippen LogP contribution in [0.2, 0.25) is 5.02 Å². The van der Waals surface area contributed by atoms with E-state index in [1.165, 1.54) is 11.3 Å². The summed E-state index contributed by atoms with van der Waals surface area (Å²) in [7, 11) is 2.10. The van der Waals surface area contributed by atoms with Crippen LogP contribution >= 0.6 is 22.9 Å². The second-order valence-electron chi connectivity index (χ2n) is 11.7. The maximum Gasteiger partial charge on any atom is 0.338 e. The maximum absolute atomic E-state index is 14.0. The number of piperazine rings is 1. The maximum atomic E-state index is 14.0. The van der Waals surface area contributed by atoms with E-state index in [-0.39, 0.29) is 24.3 Å². The minimum Gasteiger partial charge on any atom is -0.491 e. The molecular formula is C34H33ClN6O4S. The molecule has 46 heavy (non-hydrogen) atoms. The van der Waals surface area contributed by atoms with Gasteiger partial charge in [-0.3, -0.25) is 19.2 Å². The highest BCUT2D eigenvalue weighted by Crippen LogP contribution is 2.40. The molecule has 1 N–H and O–H groups in total. The minimum atomic E-state index is -1.04. The second-order valence-corrected chi connectivity index (χ2v) is 13.0. The van der Waals surface area contributed by atoms with Crippen LogP contribution in [0.3, 0.4) is 0 Å². The van der Waals surface area contributed by atoms with Gasteiger partial charge in [-0.15, -0.1) is 11.3 Å². The zero-order chi connectivity index (χ0) is 32.7. The highest BCUT2D eigenvalue weighted by Gasteiger charge is 2.22. The van der Waals surface area contributed by atoms with Gasteiger partial charge in [-0.05, 0) is 69.3 Å². The van der Waals surface area contributed by atoms with Gasteiger partial charge in [-0.25, -0.2) is 9.78 Å². The first-order chi connectivity index (χ1) is 22.0. The largest absolute Gasteiger partial charge is 0.491 e. The zero-order valence-electron chi connectivity index (χ0n) is 26.1. The van der Waals surface area contributed by atoms with Gasteiger partial charge >= 0.3 is 5.97 Å². The van der Waals surface area contributed by atoms with E-state index in [9.17, 15) is 20.0 Å². The van der Waals surface area contributed by atoms with Crippen molar-refractivity contribution in [2.75, 3.05) is 39.8 Å². The Balaban J connectivity index is 1.32. The van der Waals surface area contributed by atoms with Gasteiger partial charge in [0.2, 0.25) is 0 Å². The number of nitrogens with zero attached hydrogens (tertiary/aromatic N) is 6. The van der Waals surface area contributed by atoms with Crippen molar-refractivity contribution in [2.24, 2.45) is 0 Å². The molecule has 1 saturated heterocycles. The molecule has 10 nitrogen and oxygen atoms in total. The summed E-state index contributed by atoms with van der Waals surface area (Å²) in [5, 5.41) is 22.4. The van der Waals surface area contributed by atoms with E-state index >= 15 is 0 Å². The Hall–Kier alpha value is -4.34. The van der Waals surface area contributed by atoms with Crippen LogP contribution in [-0.2, 0) is 13.1 Å². The number of halogens is 1. The predicted octanol–water partition coefficient (Wildman–Crippen LogP) is 5.65. The van der Waals surface area contributed by atoms with E-state index in [2.05, 4.69) is 27.9 Å². The fourth-order valence-electron chi connectivity index (χ4n) is 6.06. The van der Waals surface area contributed by atoms with Crippen LogP contribution in [0.25, 0.3) is 32.2 Å². The topological polar surface area (TPSA) is 125 Å². The molecule has 3 aromatic heterocycles. The molecule has 4 heterocycles. The van der Waals surface area contributed by atoms with Gasteiger partial charge in [0.05, 0.1) is 38.8 Å². The quantitative estimate of drug-likeness (QED) is 0.226. The molecule has 0 aliphatic carbocycles. The first-order valence-corrected chi connectivity index (χ1v) is 16.2. The third-order valence-corrected chi connectivity index (χ3v) is 9.78. The summed E-state index contributed by atoms with van der Waals surface area (Å²) < 4.78 is 8.54. The molecule has 0 radical (unpaired) electrons. The smallest absolute Gasteiger partial charge is 0.338 e. The first-order valence-electron chi connectivity index (χ1n) is 14.9. The van der Waals surface area contributed by atoms with Crippen molar-refractivity contribution in [3.8, 4) is 22.9 Å². The first kappa shape index (κ1) is 31.6. The molecule has 236 valence electrons. The lowest BCUT2D eigenvalue weighted by molar-refractivity contribution is 0.0699. The second kappa shape index (κ2) is 12.8. The molecule has 5 aromatic rings. The van der Waals surface area contributed by atoms with Gasteiger partial charge < -0.3 is 14.7 Å². The number of carboxylic acid groups (broad SMARTS) is 1. The zero-order valence-corrected chi connectivity index (χ0v) is 27.6. The molecule has 6 rings (SSSR count). The van der Waals surface area contributed by atoms with Crippen LogP contribution in [0.1, 0.15) is 38.6 Å². The van der Waals surface area contributed by atoms with E-state index in [4.69, 9.17) is 21.3 Å². The fourth-order valence-corrected chi connectivity index (χ4v) is 7.24. The fraction of sp³-hybridized carbons (Fsp3) is 0.324. The Kier molecular flexibility index (Phi) is 8.81. The summed E-state index contributed by atoms with van der Waals surface area (Å²) >= 11 is 7.72. The Morgan fingerprint density at radius 1 is 1.11 bits per heavy atom. The van der Waals surface area contributed by atoms with Gasteiger partial charge in [0.15, 0.2) is 0 Å². The molecule has 1 aliphatic rings. The van der Waals surface area contributed by atoms with Crippen molar-refractivity contribution in [1.29, 1.82) is 5.26 Å². The molecule has 0 unspecified atom stereocenters.